The van der Waals surface area contributed by atoms with Crippen LogP contribution in [0.5, 0.6) is 0 Å². The van der Waals surface area contributed by atoms with Gasteiger partial charge >= 0.3 is 0 Å². The molecule has 0 atom stereocenters. The van der Waals surface area contributed by atoms with Gasteiger partial charge in [0.25, 0.3) is 0 Å². The van der Waals surface area contributed by atoms with E-state index in [1.54, 1.807) is 11.3 Å². The lowest BCUT2D eigenvalue weighted by Crippen LogP contribution is -2.47. The molecule has 0 amide bonds. The number of hydrogen-bond donors (Lipinski definition) is 1. The van der Waals surface area contributed by atoms with Gasteiger partial charge in [0.1, 0.15) is 0 Å². The molecule has 1 aliphatic rings. The van der Waals surface area contributed by atoms with Gasteiger partial charge in [0, 0.05) is 38.1 Å². The number of thiazole rings is 1. The number of halogens is 1. The van der Waals surface area contributed by atoms with Crippen LogP contribution in [0.4, 0.5) is 5.69 Å². The molecule has 0 spiro atoms. The molecule has 0 aliphatic carbocycles. The van der Waals surface area contributed by atoms with E-state index in [1.807, 2.05) is 17.6 Å². The van der Waals surface area contributed by atoms with Gasteiger partial charge in [-0.15, -0.1) is 11.3 Å². The quantitative estimate of drug-likeness (QED) is 0.777. The van der Waals surface area contributed by atoms with E-state index in [1.165, 1.54) is 12.1 Å². The van der Waals surface area contributed by atoms with E-state index >= 15 is 0 Å². The predicted molar refractivity (Wildman–Crippen MR) is 98.5 cm³/mol. The van der Waals surface area contributed by atoms with Crippen LogP contribution in [0.3, 0.4) is 0 Å². The Hall–Kier alpha value is -1.14. The summed E-state index contributed by atoms with van der Waals surface area (Å²) in [4.78, 5) is 9.21. The molecule has 6 heteroatoms. The fourth-order valence-electron chi connectivity index (χ4n) is 2.89. The highest BCUT2D eigenvalue weighted by molar-refractivity contribution is 7.07. The minimum atomic E-state index is 0.854. The first-order chi connectivity index (χ1) is 11.3. The molecule has 1 aromatic heterocycles. The van der Waals surface area contributed by atoms with Crippen LogP contribution in [-0.2, 0) is 6.54 Å². The summed E-state index contributed by atoms with van der Waals surface area (Å²) in [6.07, 6.45) is 1.18. The molecule has 1 fully saturated rings. The second kappa shape index (κ2) is 8.64. The average molecular weight is 351 g/mol. The van der Waals surface area contributed by atoms with Crippen molar-refractivity contribution in [1.29, 1.82) is 0 Å². The number of rotatable bonds is 7. The predicted octanol–water partition coefficient (Wildman–Crippen LogP) is 3.10. The highest BCUT2D eigenvalue weighted by Crippen LogP contribution is 2.25. The molecule has 2 aromatic rings. The number of para-hydroxylation sites is 1. The molecule has 2 heterocycles. The first-order valence-corrected chi connectivity index (χ1v) is 9.44. The highest BCUT2D eigenvalue weighted by Gasteiger charge is 2.18. The summed E-state index contributed by atoms with van der Waals surface area (Å²) in [5.41, 5.74) is 4.19. The highest BCUT2D eigenvalue weighted by atomic mass is 35.5. The van der Waals surface area contributed by atoms with Crippen molar-refractivity contribution < 1.29 is 0 Å². The van der Waals surface area contributed by atoms with Gasteiger partial charge in [0.2, 0.25) is 0 Å². The van der Waals surface area contributed by atoms with Gasteiger partial charge in [-0.25, -0.2) is 4.98 Å². The fourth-order valence-corrected chi connectivity index (χ4v) is 3.70. The summed E-state index contributed by atoms with van der Waals surface area (Å²) in [6, 6.07) is 8.12. The number of nitrogens with zero attached hydrogens (tertiary/aromatic N) is 3. The lowest BCUT2D eigenvalue weighted by atomic mass is 10.2. The van der Waals surface area contributed by atoms with E-state index in [9.17, 15) is 0 Å². The van der Waals surface area contributed by atoms with Crippen LogP contribution < -0.4 is 10.2 Å². The zero-order valence-electron chi connectivity index (χ0n) is 13.2. The lowest BCUT2D eigenvalue weighted by Gasteiger charge is -2.36. The van der Waals surface area contributed by atoms with Crippen molar-refractivity contribution in [1.82, 2.24) is 15.2 Å². The maximum Gasteiger partial charge on any atom is 0.0795 e. The molecule has 124 valence electrons. The summed E-state index contributed by atoms with van der Waals surface area (Å²) in [5.74, 6) is 0. The van der Waals surface area contributed by atoms with Crippen molar-refractivity contribution in [3.8, 4) is 0 Å². The zero-order chi connectivity index (χ0) is 15.9. The van der Waals surface area contributed by atoms with Crippen LogP contribution >= 0.6 is 22.9 Å². The summed E-state index contributed by atoms with van der Waals surface area (Å²) in [7, 11) is 0. The molecule has 1 N–H and O–H groups in total. The minimum Gasteiger partial charge on any atom is -0.368 e. The molecule has 23 heavy (non-hydrogen) atoms. The summed E-state index contributed by atoms with van der Waals surface area (Å²) >= 11 is 7.94. The van der Waals surface area contributed by atoms with Gasteiger partial charge < -0.3 is 10.2 Å². The molecule has 1 saturated heterocycles. The lowest BCUT2D eigenvalue weighted by molar-refractivity contribution is 0.254. The average Bonchev–Trinajstić information content (AvgIpc) is 3.09. The Bertz CT molecular complexity index is 582. The third kappa shape index (κ3) is 4.91. The maximum atomic E-state index is 6.29. The van der Waals surface area contributed by atoms with Crippen molar-refractivity contribution in [3.63, 3.8) is 0 Å². The number of hydrogen-bond acceptors (Lipinski definition) is 5. The van der Waals surface area contributed by atoms with Crippen molar-refractivity contribution in [2.75, 3.05) is 44.2 Å². The third-order valence-corrected chi connectivity index (χ3v) is 5.14. The fraction of sp³-hybridized carbons (Fsp3) is 0.471. The Morgan fingerprint density at radius 2 is 2.00 bits per heavy atom. The van der Waals surface area contributed by atoms with Crippen LogP contribution in [0.25, 0.3) is 0 Å². The second-order valence-electron chi connectivity index (χ2n) is 5.79. The van der Waals surface area contributed by atoms with Crippen LogP contribution in [0, 0.1) is 0 Å². The molecular formula is C17H23ClN4S. The molecule has 1 aromatic carbocycles. The number of aromatic nitrogens is 1. The van der Waals surface area contributed by atoms with Crippen LogP contribution in [0.1, 0.15) is 12.1 Å². The van der Waals surface area contributed by atoms with E-state index < -0.39 is 0 Å². The molecule has 0 saturated carbocycles. The van der Waals surface area contributed by atoms with Gasteiger partial charge in [-0.1, -0.05) is 23.7 Å². The summed E-state index contributed by atoms with van der Waals surface area (Å²) in [5, 5.41) is 6.41. The van der Waals surface area contributed by atoms with Gasteiger partial charge in [0.05, 0.1) is 21.9 Å². The second-order valence-corrected chi connectivity index (χ2v) is 6.92. The van der Waals surface area contributed by atoms with E-state index in [0.717, 1.165) is 56.5 Å². The van der Waals surface area contributed by atoms with E-state index in [2.05, 4.69) is 37.6 Å². The molecular weight excluding hydrogens is 328 g/mol. The Morgan fingerprint density at radius 1 is 1.17 bits per heavy atom. The van der Waals surface area contributed by atoms with Crippen molar-refractivity contribution in [3.05, 3.63) is 45.9 Å². The number of anilines is 1. The monoisotopic (exact) mass is 350 g/mol. The standard InChI is InChI=1S/C17H23ClN4S/c18-16-4-1-2-5-17(16)22-10-8-21(9-11-22)7-3-6-19-12-15-13-23-14-20-15/h1-2,4-5,13-14,19H,3,6-12H2. The van der Waals surface area contributed by atoms with Gasteiger partial charge in [-0.3, -0.25) is 4.90 Å². The molecule has 1 aliphatic heterocycles. The van der Waals surface area contributed by atoms with E-state index in [-0.39, 0.29) is 0 Å². The number of piperazine rings is 1. The van der Waals surface area contributed by atoms with Crippen molar-refractivity contribution in [2.24, 2.45) is 0 Å². The largest absolute Gasteiger partial charge is 0.368 e. The molecule has 0 unspecified atom stereocenters. The Labute approximate surface area is 147 Å². The molecule has 0 bridgehead atoms. The first kappa shape index (κ1) is 16.7. The van der Waals surface area contributed by atoms with Crippen molar-refractivity contribution in [2.45, 2.75) is 13.0 Å². The Morgan fingerprint density at radius 3 is 2.74 bits per heavy atom. The molecule has 3 rings (SSSR count). The van der Waals surface area contributed by atoms with Crippen LogP contribution in [0.2, 0.25) is 5.02 Å². The molecule has 4 nitrogen and oxygen atoms in total. The normalized spacial score (nSPS) is 16.0. The third-order valence-electron chi connectivity index (χ3n) is 4.18. The van der Waals surface area contributed by atoms with E-state index in [0.29, 0.717) is 0 Å². The Balaban J connectivity index is 1.32. The SMILES string of the molecule is Clc1ccccc1N1CCN(CCCNCc2cscn2)CC1. The minimum absolute atomic E-state index is 0.854. The van der Waals surface area contributed by atoms with E-state index in [4.69, 9.17) is 11.6 Å². The number of nitrogens with one attached hydrogen (secondary N) is 1. The Kier molecular flexibility index (Phi) is 6.28. The first-order valence-electron chi connectivity index (χ1n) is 8.12. The van der Waals surface area contributed by atoms with Crippen LogP contribution in [-0.4, -0.2) is 49.2 Å². The summed E-state index contributed by atoms with van der Waals surface area (Å²) in [6.45, 7) is 7.40. The number of benzene rings is 1. The molecule has 0 radical (unpaired) electrons. The van der Waals surface area contributed by atoms with Gasteiger partial charge in [0.15, 0.2) is 0 Å². The van der Waals surface area contributed by atoms with Crippen molar-refractivity contribution >= 4 is 28.6 Å². The zero-order valence-corrected chi connectivity index (χ0v) is 14.8. The summed E-state index contributed by atoms with van der Waals surface area (Å²) < 4.78 is 0. The maximum absolute atomic E-state index is 6.29. The topological polar surface area (TPSA) is 31.4 Å². The van der Waals surface area contributed by atoms with Gasteiger partial charge in [-0.05, 0) is 31.6 Å². The van der Waals surface area contributed by atoms with Gasteiger partial charge in [-0.2, -0.15) is 0 Å². The van der Waals surface area contributed by atoms with Crippen LogP contribution in [0.15, 0.2) is 35.2 Å². The smallest absolute Gasteiger partial charge is 0.0795 e.